The van der Waals surface area contributed by atoms with Crippen LogP contribution < -0.4 is 5.32 Å². The maximum Gasteiger partial charge on any atom is 0.348 e. The number of benzene rings is 1. The molecule has 1 aromatic carbocycles. The van der Waals surface area contributed by atoms with Gasteiger partial charge in [0.25, 0.3) is 0 Å². The second kappa shape index (κ2) is 6.35. The minimum absolute atomic E-state index is 0.191. The third kappa shape index (κ3) is 3.19. The fourth-order valence-electron chi connectivity index (χ4n) is 2.59. The van der Waals surface area contributed by atoms with E-state index in [0.29, 0.717) is 16.7 Å². The third-order valence-electron chi connectivity index (χ3n) is 3.88. The zero-order valence-corrected chi connectivity index (χ0v) is 14.1. The van der Waals surface area contributed by atoms with Crippen LogP contribution in [0.1, 0.15) is 11.5 Å². The summed E-state index contributed by atoms with van der Waals surface area (Å²) in [5.41, 5.74) is -0.300. The van der Waals surface area contributed by atoms with Gasteiger partial charge in [-0.3, -0.25) is 4.98 Å². The number of alkyl halides is 2. The van der Waals surface area contributed by atoms with Gasteiger partial charge in [-0.15, -0.1) is 0 Å². The first-order valence-electron chi connectivity index (χ1n) is 7.95. The molecule has 0 saturated carbocycles. The number of hydrogen-bond acceptors (Lipinski definition) is 5. The van der Waals surface area contributed by atoms with Gasteiger partial charge in [-0.2, -0.15) is 8.78 Å². The van der Waals surface area contributed by atoms with Gasteiger partial charge in [-0.05, 0) is 24.3 Å². The zero-order valence-electron chi connectivity index (χ0n) is 14.1. The van der Waals surface area contributed by atoms with E-state index in [4.69, 9.17) is 0 Å². The number of aromatic nitrogens is 5. The lowest BCUT2D eigenvalue weighted by Crippen LogP contribution is -2.21. The Balaban J connectivity index is 1.84. The first kappa shape index (κ1) is 17.0. The smallest absolute Gasteiger partial charge is 0.338 e. The molecule has 0 aliphatic rings. The summed E-state index contributed by atoms with van der Waals surface area (Å²) >= 11 is 0. The van der Waals surface area contributed by atoms with Crippen molar-refractivity contribution < 1.29 is 13.2 Å². The zero-order chi connectivity index (χ0) is 19.0. The van der Waals surface area contributed by atoms with Crippen molar-refractivity contribution in [2.75, 3.05) is 5.32 Å². The number of rotatable bonds is 4. The molecule has 6 nitrogen and oxygen atoms in total. The van der Waals surface area contributed by atoms with E-state index in [2.05, 4.69) is 25.3 Å². The predicted molar refractivity (Wildman–Crippen MR) is 93.2 cm³/mol. The Kier molecular flexibility index (Phi) is 3.98. The molecule has 9 heteroatoms. The fourth-order valence-corrected chi connectivity index (χ4v) is 2.59. The summed E-state index contributed by atoms with van der Waals surface area (Å²) in [6, 6.07) is 8.62. The van der Waals surface area contributed by atoms with E-state index in [1.165, 1.54) is 0 Å². The summed E-state index contributed by atoms with van der Waals surface area (Å²) in [4.78, 5) is 15.6. The molecule has 3 aromatic heterocycles. The van der Waals surface area contributed by atoms with E-state index in [-0.39, 0.29) is 5.82 Å². The lowest BCUT2D eigenvalue weighted by molar-refractivity contribution is 0.0285. The number of nitrogens with one attached hydrogen (secondary N) is 1. The molecule has 0 saturated heterocycles. The molecule has 0 aliphatic carbocycles. The van der Waals surface area contributed by atoms with Crippen molar-refractivity contribution in [2.45, 2.75) is 5.92 Å². The topological polar surface area (TPSA) is 68.5 Å². The van der Waals surface area contributed by atoms with E-state index < -0.39 is 23.3 Å². The van der Waals surface area contributed by atoms with Crippen molar-refractivity contribution in [1.82, 2.24) is 24.5 Å². The molecule has 0 aliphatic heterocycles. The van der Waals surface area contributed by atoms with Crippen LogP contribution in [0, 0.1) is 5.82 Å². The van der Waals surface area contributed by atoms with Crippen LogP contribution in [0.2, 0.25) is 0 Å². The average molecular weight is 370 g/mol. The number of nitrogens with zero attached hydrogens (tertiary/aromatic N) is 5. The van der Waals surface area contributed by atoms with Crippen molar-refractivity contribution in [1.29, 1.82) is 0 Å². The summed E-state index contributed by atoms with van der Waals surface area (Å²) < 4.78 is 44.6. The Hall–Kier alpha value is -3.49. The molecule has 0 spiro atoms. The van der Waals surface area contributed by atoms with Crippen LogP contribution in [0.15, 0.2) is 55.1 Å². The summed E-state index contributed by atoms with van der Waals surface area (Å²) in [5, 5.41) is 3.51. The Morgan fingerprint density at radius 3 is 2.56 bits per heavy atom. The maximum atomic E-state index is 14.9. The van der Waals surface area contributed by atoms with Crippen molar-refractivity contribution in [3.05, 3.63) is 72.5 Å². The van der Waals surface area contributed by atoms with Gasteiger partial charge in [0.15, 0.2) is 0 Å². The van der Waals surface area contributed by atoms with Gasteiger partial charge < -0.3 is 9.88 Å². The lowest BCUT2D eigenvalue weighted by Gasteiger charge is -2.16. The minimum atomic E-state index is -3.60. The van der Waals surface area contributed by atoms with Crippen molar-refractivity contribution >= 4 is 22.5 Å². The fraction of sp³-hybridized carbons (Fsp3) is 0.111. The monoisotopic (exact) mass is 370 g/mol. The number of fused-ring (bicyclic) bond motifs is 1. The predicted octanol–water partition coefficient (Wildman–Crippen LogP) is 3.78. The van der Waals surface area contributed by atoms with Gasteiger partial charge in [0.1, 0.15) is 23.1 Å². The molecule has 0 fully saturated rings. The van der Waals surface area contributed by atoms with E-state index in [9.17, 15) is 13.2 Å². The van der Waals surface area contributed by atoms with Gasteiger partial charge in [0.2, 0.25) is 5.82 Å². The Morgan fingerprint density at radius 2 is 1.85 bits per heavy atom. The molecule has 4 rings (SSSR count). The van der Waals surface area contributed by atoms with Gasteiger partial charge in [-0.25, -0.2) is 19.3 Å². The summed E-state index contributed by atoms with van der Waals surface area (Å²) in [6.45, 7) is 0. The molecule has 27 heavy (non-hydrogen) atoms. The lowest BCUT2D eigenvalue weighted by atomic mass is 10.1. The van der Waals surface area contributed by atoms with Crippen molar-refractivity contribution in [3.8, 4) is 0 Å². The SMILES string of the molecule is Cn1cnc(Nc2nc(C(F)(F)c3ccc(F)cn3)nc3ccccc23)c1. The van der Waals surface area contributed by atoms with Crippen LogP contribution in [0.25, 0.3) is 10.9 Å². The normalized spacial score (nSPS) is 11.7. The first-order chi connectivity index (χ1) is 12.9. The number of pyridine rings is 1. The highest BCUT2D eigenvalue weighted by molar-refractivity contribution is 5.90. The number of aryl methyl sites for hydroxylation is 1. The molecule has 0 amide bonds. The molecule has 0 unspecified atom stereocenters. The molecule has 136 valence electrons. The quantitative estimate of drug-likeness (QED) is 0.592. The molecule has 0 bridgehead atoms. The van der Waals surface area contributed by atoms with Crippen LogP contribution in [-0.4, -0.2) is 24.5 Å². The highest BCUT2D eigenvalue weighted by Gasteiger charge is 2.40. The van der Waals surface area contributed by atoms with Gasteiger partial charge in [0.05, 0.1) is 18.0 Å². The largest absolute Gasteiger partial charge is 0.348 e. The molecular formula is C18H13F3N6. The van der Waals surface area contributed by atoms with Crippen LogP contribution in [-0.2, 0) is 13.0 Å². The minimum Gasteiger partial charge on any atom is -0.338 e. The first-order valence-corrected chi connectivity index (χ1v) is 7.95. The standard InChI is InChI=1S/C18H13F3N6/c1-27-9-15(23-10-27)25-16-12-4-2-3-5-13(12)24-17(26-16)18(20,21)14-7-6-11(19)8-22-14/h2-10H,1H3,(H,24,25,26). The highest BCUT2D eigenvalue weighted by Crippen LogP contribution is 2.34. The molecule has 3 heterocycles. The van der Waals surface area contributed by atoms with Gasteiger partial charge >= 0.3 is 5.92 Å². The van der Waals surface area contributed by atoms with E-state index in [1.807, 2.05) is 0 Å². The Labute approximate surface area is 151 Å². The third-order valence-corrected chi connectivity index (χ3v) is 3.88. The van der Waals surface area contributed by atoms with E-state index in [0.717, 1.165) is 18.3 Å². The Morgan fingerprint density at radius 1 is 1.04 bits per heavy atom. The maximum absolute atomic E-state index is 14.9. The van der Waals surface area contributed by atoms with Crippen molar-refractivity contribution in [3.63, 3.8) is 0 Å². The van der Waals surface area contributed by atoms with Crippen LogP contribution >= 0.6 is 0 Å². The second-order valence-corrected chi connectivity index (χ2v) is 5.90. The number of hydrogen-bond donors (Lipinski definition) is 1. The second-order valence-electron chi connectivity index (χ2n) is 5.90. The van der Waals surface area contributed by atoms with Crippen LogP contribution in [0.3, 0.4) is 0 Å². The number of para-hydroxylation sites is 1. The van der Waals surface area contributed by atoms with Gasteiger partial charge in [-0.1, -0.05) is 12.1 Å². The van der Waals surface area contributed by atoms with E-state index in [1.54, 1.807) is 48.4 Å². The molecule has 4 aromatic rings. The van der Waals surface area contributed by atoms with E-state index >= 15 is 0 Å². The molecular weight excluding hydrogens is 357 g/mol. The van der Waals surface area contributed by atoms with Crippen LogP contribution in [0.4, 0.5) is 24.8 Å². The average Bonchev–Trinajstić information content (AvgIpc) is 3.07. The molecule has 0 radical (unpaired) electrons. The van der Waals surface area contributed by atoms with Crippen LogP contribution in [0.5, 0.6) is 0 Å². The number of halogens is 3. The number of imidazole rings is 1. The summed E-state index contributed by atoms with van der Waals surface area (Å²) in [5.74, 6) is -4.39. The Bertz CT molecular complexity index is 1110. The van der Waals surface area contributed by atoms with Gasteiger partial charge in [0, 0.05) is 18.6 Å². The number of anilines is 2. The van der Waals surface area contributed by atoms with Crippen molar-refractivity contribution in [2.24, 2.45) is 7.05 Å². The molecule has 1 N–H and O–H groups in total. The summed E-state index contributed by atoms with van der Waals surface area (Å²) in [6.07, 6.45) is 4.00. The molecule has 0 atom stereocenters. The summed E-state index contributed by atoms with van der Waals surface area (Å²) in [7, 11) is 1.79. The highest BCUT2D eigenvalue weighted by atomic mass is 19.3.